The molecule has 41 heavy (non-hydrogen) atoms. The number of phenolic OH excluding ortho intramolecular Hbond substituents is 1. The topological polar surface area (TPSA) is 118 Å². The molecule has 0 saturated heterocycles. The van der Waals surface area contributed by atoms with Gasteiger partial charge in [-0.3, -0.25) is 4.79 Å². The number of pyridine rings is 1. The van der Waals surface area contributed by atoms with Crippen molar-refractivity contribution in [1.29, 1.82) is 0 Å². The number of amides is 1. The van der Waals surface area contributed by atoms with Gasteiger partial charge in [0.25, 0.3) is 5.91 Å². The van der Waals surface area contributed by atoms with E-state index in [9.17, 15) is 33.0 Å². The minimum atomic E-state index is -4.51. The summed E-state index contributed by atoms with van der Waals surface area (Å²) in [5.74, 6) is -1.74. The Labute approximate surface area is 233 Å². The third-order valence-electron chi connectivity index (χ3n) is 6.18. The first-order valence-electron chi connectivity index (χ1n) is 12.7. The van der Waals surface area contributed by atoms with E-state index < -0.39 is 29.7 Å². The number of benzene rings is 3. The summed E-state index contributed by atoms with van der Waals surface area (Å²) in [6, 6.07) is 16.4. The van der Waals surface area contributed by atoms with Gasteiger partial charge in [-0.2, -0.15) is 13.2 Å². The Balaban J connectivity index is 1.54. The number of nitrogens with zero attached hydrogens (tertiary/aromatic N) is 1. The lowest BCUT2D eigenvalue weighted by atomic mass is 10.0. The third kappa shape index (κ3) is 7.73. The van der Waals surface area contributed by atoms with Crippen molar-refractivity contribution in [2.45, 2.75) is 32.2 Å². The first-order valence-corrected chi connectivity index (χ1v) is 12.7. The van der Waals surface area contributed by atoms with Crippen molar-refractivity contribution in [2.75, 3.05) is 13.2 Å². The molecule has 0 aliphatic heterocycles. The summed E-state index contributed by atoms with van der Waals surface area (Å²) in [5, 5.41) is 22.5. The molecule has 0 fully saturated rings. The van der Waals surface area contributed by atoms with Crippen molar-refractivity contribution in [3.05, 3.63) is 101 Å². The van der Waals surface area contributed by atoms with Crippen LogP contribution in [0.2, 0.25) is 0 Å². The van der Waals surface area contributed by atoms with Crippen LogP contribution in [0.5, 0.6) is 11.5 Å². The van der Waals surface area contributed by atoms with E-state index in [2.05, 4.69) is 10.3 Å². The normalized spacial score (nSPS) is 12.2. The van der Waals surface area contributed by atoms with E-state index >= 15 is 0 Å². The number of hydrogen-bond acceptors (Lipinski definition) is 6. The first kappa shape index (κ1) is 29.3. The van der Waals surface area contributed by atoms with Crippen molar-refractivity contribution in [1.82, 2.24) is 10.3 Å². The lowest BCUT2D eigenvalue weighted by Gasteiger charge is -2.19. The highest BCUT2D eigenvalue weighted by molar-refractivity contribution is 6.06. The fourth-order valence-electron chi connectivity index (χ4n) is 4.17. The minimum Gasteiger partial charge on any atom is -0.508 e. The second-order valence-electron chi connectivity index (χ2n) is 9.23. The number of ether oxygens (including phenoxy) is 2. The Bertz CT molecular complexity index is 1540. The molecular weight excluding hydrogens is 541 g/mol. The second-order valence-corrected chi connectivity index (χ2v) is 9.23. The molecule has 0 spiro atoms. The summed E-state index contributed by atoms with van der Waals surface area (Å²) in [4.78, 5) is 29.6. The Morgan fingerprint density at radius 1 is 1.00 bits per heavy atom. The quantitative estimate of drug-likeness (QED) is 0.215. The molecule has 4 aromatic rings. The average Bonchev–Trinajstić information content (AvgIpc) is 2.94. The van der Waals surface area contributed by atoms with E-state index in [4.69, 9.17) is 9.47 Å². The van der Waals surface area contributed by atoms with Crippen molar-refractivity contribution in [3.8, 4) is 11.5 Å². The molecule has 8 nitrogen and oxygen atoms in total. The Kier molecular flexibility index (Phi) is 9.08. The number of alkyl halides is 3. The number of phenols is 1. The number of nitrogens with one attached hydrogen (secondary N) is 1. The van der Waals surface area contributed by atoms with Gasteiger partial charge in [-0.25, -0.2) is 9.78 Å². The molecule has 0 radical (unpaired) electrons. The number of halogens is 3. The summed E-state index contributed by atoms with van der Waals surface area (Å²) in [6.07, 6.45) is -4.11. The van der Waals surface area contributed by atoms with E-state index in [0.717, 1.165) is 17.7 Å². The van der Waals surface area contributed by atoms with Crippen LogP contribution in [-0.4, -0.2) is 46.3 Å². The van der Waals surface area contributed by atoms with Crippen LogP contribution in [-0.2, 0) is 23.9 Å². The molecule has 11 heteroatoms. The first-order chi connectivity index (χ1) is 19.5. The molecule has 214 valence electrons. The molecule has 1 aromatic heterocycles. The number of fused-ring (bicyclic) bond motifs is 1. The number of carboxylic acids is 1. The molecule has 0 bridgehead atoms. The van der Waals surface area contributed by atoms with E-state index in [-0.39, 0.29) is 46.9 Å². The number of rotatable bonds is 11. The van der Waals surface area contributed by atoms with Gasteiger partial charge in [0.2, 0.25) is 0 Å². The maximum absolute atomic E-state index is 13.1. The number of hydrogen-bond donors (Lipinski definition) is 3. The summed E-state index contributed by atoms with van der Waals surface area (Å²) in [7, 11) is 0. The minimum absolute atomic E-state index is 0.0115. The molecule has 0 aliphatic carbocycles. The van der Waals surface area contributed by atoms with Gasteiger partial charge < -0.3 is 25.0 Å². The van der Waals surface area contributed by atoms with Crippen molar-refractivity contribution in [3.63, 3.8) is 0 Å². The summed E-state index contributed by atoms with van der Waals surface area (Å²) >= 11 is 0. The number of aromatic hydroxyl groups is 1. The van der Waals surface area contributed by atoms with Gasteiger partial charge in [-0.15, -0.1) is 0 Å². The van der Waals surface area contributed by atoms with Crippen LogP contribution in [0.25, 0.3) is 10.9 Å². The van der Waals surface area contributed by atoms with Gasteiger partial charge in [-0.1, -0.05) is 24.3 Å². The van der Waals surface area contributed by atoms with Crippen molar-refractivity contribution >= 4 is 22.8 Å². The predicted molar refractivity (Wildman–Crippen MR) is 144 cm³/mol. The lowest BCUT2D eigenvalue weighted by molar-refractivity contribution is -0.137. The van der Waals surface area contributed by atoms with Gasteiger partial charge in [0.05, 0.1) is 29.3 Å². The van der Waals surface area contributed by atoms with Crippen LogP contribution >= 0.6 is 0 Å². The number of carboxylic acid groups (broad SMARTS) is 1. The second kappa shape index (κ2) is 12.7. The Hall–Kier alpha value is -4.64. The highest BCUT2D eigenvalue weighted by Gasteiger charge is 2.30. The fourth-order valence-corrected chi connectivity index (χ4v) is 4.17. The fraction of sp³-hybridized carbons (Fsp3) is 0.233. The van der Waals surface area contributed by atoms with Crippen molar-refractivity contribution < 1.29 is 42.4 Å². The summed E-state index contributed by atoms with van der Waals surface area (Å²) in [5.41, 5.74) is 0.490. The van der Waals surface area contributed by atoms with Gasteiger partial charge in [0.15, 0.2) is 0 Å². The van der Waals surface area contributed by atoms with E-state index in [1.54, 1.807) is 18.2 Å². The zero-order valence-electron chi connectivity index (χ0n) is 21.9. The molecule has 0 aliphatic rings. The van der Waals surface area contributed by atoms with Crippen molar-refractivity contribution in [2.24, 2.45) is 0 Å². The molecule has 0 saturated carbocycles. The number of aromatic carboxylic acids is 1. The molecule has 1 heterocycles. The Morgan fingerprint density at radius 2 is 1.73 bits per heavy atom. The maximum Gasteiger partial charge on any atom is 0.416 e. The lowest BCUT2D eigenvalue weighted by Crippen LogP contribution is -2.40. The van der Waals surface area contributed by atoms with Crippen LogP contribution in [0.3, 0.4) is 0 Å². The van der Waals surface area contributed by atoms with Gasteiger partial charge in [-0.05, 0) is 73.0 Å². The zero-order chi connectivity index (χ0) is 29.6. The molecule has 1 amide bonds. The maximum atomic E-state index is 13.1. The van der Waals surface area contributed by atoms with E-state index in [1.165, 1.54) is 42.5 Å². The SMILES string of the molecule is CCOC[C@H](Cc1ccc(O)cc1)NC(=O)c1cc(C(=O)O)c2cc(COc3cccc(C(F)(F)F)c3)ccc2n1. The van der Waals surface area contributed by atoms with Crippen LogP contribution in [0.1, 0.15) is 44.5 Å². The summed E-state index contributed by atoms with van der Waals surface area (Å²) < 4.78 is 50.0. The third-order valence-corrected chi connectivity index (χ3v) is 6.18. The van der Waals surface area contributed by atoms with Crippen LogP contribution in [0.4, 0.5) is 13.2 Å². The molecule has 4 rings (SSSR count). The van der Waals surface area contributed by atoms with E-state index in [1.807, 2.05) is 6.92 Å². The smallest absolute Gasteiger partial charge is 0.416 e. The Morgan fingerprint density at radius 3 is 2.41 bits per heavy atom. The van der Waals surface area contributed by atoms with Crippen LogP contribution < -0.4 is 10.1 Å². The molecular formula is C30H27F3N2O6. The highest BCUT2D eigenvalue weighted by atomic mass is 19.4. The summed E-state index contributed by atoms with van der Waals surface area (Å²) in [6.45, 7) is 2.34. The number of aromatic nitrogens is 1. The highest BCUT2D eigenvalue weighted by Crippen LogP contribution is 2.31. The number of carbonyl (C=O) groups excluding carboxylic acids is 1. The average molecular weight is 569 g/mol. The van der Waals surface area contributed by atoms with Crippen LogP contribution in [0.15, 0.2) is 72.8 Å². The van der Waals surface area contributed by atoms with Gasteiger partial charge >= 0.3 is 12.1 Å². The molecule has 0 unspecified atom stereocenters. The van der Waals surface area contributed by atoms with E-state index in [0.29, 0.717) is 18.6 Å². The number of carbonyl (C=O) groups is 2. The zero-order valence-corrected chi connectivity index (χ0v) is 21.9. The molecule has 3 N–H and O–H groups in total. The predicted octanol–water partition coefficient (Wildman–Crippen LogP) is 5.61. The standard InChI is InChI=1S/C30H27F3N2O6/c1-2-40-17-21(12-18-6-9-22(36)10-7-18)34-28(37)27-15-25(29(38)39)24-13-19(8-11-26(24)35-27)16-41-23-5-3-4-20(14-23)30(31,32)33/h3-11,13-15,21,36H,2,12,16-17H2,1H3,(H,34,37)(H,38,39)/t21-/m0/s1. The van der Waals surface area contributed by atoms with Crippen LogP contribution in [0, 0.1) is 0 Å². The van der Waals surface area contributed by atoms with Gasteiger partial charge in [0, 0.05) is 12.0 Å². The monoisotopic (exact) mass is 568 g/mol. The molecule has 1 atom stereocenters. The van der Waals surface area contributed by atoms with Gasteiger partial charge in [0.1, 0.15) is 23.8 Å². The molecule has 3 aromatic carbocycles. The largest absolute Gasteiger partial charge is 0.508 e.